The first kappa shape index (κ1) is 21.0. The summed E-state index contributed by atoms with van der Waals surface area (Å²) in [5.41, 5.74) is 1.68. The quantitative estimate of drug-likeness (QED) is 0.603. The monoisotopic (exact) mass is 394 g/mol. The SMILES string of the molecule is COc1ccc(C2CCCC(CC(=O)O)C2)cc1[C@H]1O[C@@H](C)[C@@H](O)[C@@H](O)[C@@H]1O. The molecule has 0 bridgehead atoms. The number of aliphatic carboxylic acids is 1. The average Bonchev–Trinajstić information content (AvgIpc) is 2.68. The molecule has 1 aromatic carbocycles. The first-order valence-corrected chi connectivity index (χ1v) is 9.91. The van der Waals surface area contributed by atoms with Crippen LogP contribution >= 0.6 is 0 Å². The number of carboxylic acids is 1. The zero-order chi connectivity index (χ0) is 20.4. The van der Waals surface area contributed by atoms with E-state index in [1.807, 2.05) is 18.2 Å². The van der Waals surface area contributed by atoms with Crippen LogP contribution in [-0.2, 0) is 9.53 Å². The van der Waals surface area contributed by atoms with Gasteiger partial charge in [0.25, 0.3) is 0 Å². The summed E-state index contributed by atoms with van der Waals surface area (Å²) in [5, 5.41) is 39.7. The number of hydrogen-bond donors (Lipinski definition) is 4. The molecule has 0 aromatic heterocycles. The van der Waals surface area contributed by atoms with Gasteiger partial charge in [0.1, 0.15) is 30.2 Å². The zero-order valence-corrected chi connectivity index (χ0v) is 16.3. The van der Waals surface area contributed by atoms with Gasteiger partial charge >= 0.3 is 5.97 Å². The summed E-state index contributed by atoms with van der Waals surface area (Å²) < 4.78 is 11.3. The lowest BCUT2D eigenvalue weighted by Gasteiger charge is -2.40. The molecule has 1 saturated carbocycles. The molecule has 2 unspecified atom stereocenters. The minimum absolute atomic E-state index is 0.162. The topological polar surface area (TPSA) is 116 Å². The normalized spacial score (nSPS) is 36.1. The van der Waals surface area contributed by atoms with Gasteiger partial charge in [-0.15, -0.1) is 0 Å². The number of aliphatic hydroxyl groups excluding tert-OH is 3. The molecular weight excluding hydrogens is 364 g/mol. The van der Waals surface area contributed by atoms with Gasteiger partial charge in [-0.3, -0.25) is 4.79 Å². The van der Waals surface area contributed by atoms with Crippen molar-refractivity contribution in [1.29, 1.82) is 0 Å². The van der Waals surface area contributed by atoms with E-state index in [9.17, 15) is 20.1 Å². The van der Waals surface area contributed by atoms with Gasteiger partial charge in [-0.1, -0.05) is 12.5 Å². The molecule has 156 valence electrons. The van der Waals surface area contributed by atoms with Crippen molar-refractivity contribution in [2.24, 2.45) is 5.92 Å². The van der Waals surface area contributed by atoms with Crippen molar-refractivity contribution < 1.29 is 34.7 Å². The van der Waals surface area contributed by atoms with Crippen LogP contribution in [0.4, 0.5) is 0 Å². The third-order valence-electron chi connectivity index (χ3n) is 6.13. The molecule has 2 aliphatic rings. The molecule has 1 heterocycles. The number of ether oxygens (including phenoxy) is 2. The Morgan fingerprint density at radius 3 is 2.61 bits per heavy atom. The number of carbonyl (C=O) groups is 1. The predicted molar refractivity (Wildman–Crippen MR) is 101 cm³/mol. The van der Waals surface area contributed by atoms with Crippen LogP contribution in [0.5, 0.6) is 5.75 Å². The predicted octanol–water partition coefficient (Wildman–Crippen LogP) is 1.99. The molecule has 3 rings (SSSR count). The minimum Gasteiger partial charge on any atom is -0.496 e. The Kier molecular flexibility index (Phi) is 6.60. The van der Waals surface area contributed by atoms with Crippen LogP contribution in [-0.4, -0.2) is 57.9 Å². The lowest BCUT2D eigenvalue weighted by molar-refractivity contribution is -0.219. The largest absolute Gasteiger partial charge is 0.496 e. The van der Waals surface area contributed by atoms with Crippen molar-refractivity contribution in [2.75, 3.05) is 7.11 Å². The summed E-state index contributed by atoms with van der Waals surface area (Å²) in [4.78, 5) is 11.1. The van der Waals surface area contributed by atoms with Gasteiger partial charge in [0, 0.05) is 12.0 Å². The Balaban J connectivity index is 1.87. The minimum atomic E-state index is -1.31. The molecule has 1 aliphatic carbocycles. The van der Waals surface area contributed by atoms with Gasteiger partial charge in [-0.05, 0) is 55.7 Å². The number of benzene rings is 1. The van der Waals surface area contributed by atoms with Crippen molar-refractivity contribution in [3.63, 3.8) is 0 Å². The molecule has 7 heteroatoms. The van der Waals surface area contributed by atoms with Crippen LogP contribution in [0.1, 0.15) is 62.2 Å². The highest BCUT2D eigenvalue weighted by atomic mass is 16.5. The molecule has 4 N–H and O–H groups in total. The highest BCUT2D eigenvalue weighted by Crippen LogP contribution is 2.42. The van der Waals surface area contributed by atoms with E-state index < -0.39 is 36.5 Å². The van der Waals surface area contributed by atoms with E-state index >= 15 is 0 Å². The molecule has 7 nitrogen and oxygen atoms in total. The molecular formula is C21H30O7. The third kappa shape index (κ3) is 4.33. The number of methoxy groups -OCH3 is 1. The summed E-state index contributed by atoms with van der Waals surface area (Å²) >= 11 is 0. The maximum atomic E-state index is 11.1. The van der Waals surface area contributed by atoms with Crippen molar-refractivity contribution in [1.82, 2.24) is 0 Å². The van der Waals surface area contributed by atoms with E-state index in [0.29, 0.717) is 11.3 Å². The fourth-order valence-corrected chi connectivity index (χ4v) is 4.56. The van der Waals surface area contributed by atoms with Gasteiger partial charge in [-0.2, -0.15) is 0 Å². The first-order chi connectivity index (χ1) is 13.3. The molecule has 0 radical (unpaired) electrons. The zero-order valence-electron chi connectivity index (χ0n) is 16.3. The van der Waals surface area contributed by atoms with Gasteiger partial charge in [-0.25, -0.2) is 0 Å². The van der Waals surface area contributed by atoms with Crippen LogP contribution in [0.25, 0.3) is 0 Å². The van der Waals surface area contributed by atoms with E-state index in [2.05, 4.69) is 0 Å². The molecule has 1 aliphatic heterocycles. The van der Waals surface area contributed by atoms with Crippen LogP contribution in [0.3, 0.4) is 0 Å². The van der Waals surface area contributed by atoms with Crippen molar-refractivity contribution in [3.8, 4) is 5.75 Å². The summed E-state index contributed by atoms with van der Waals surface area (Å²) in [6.45, 7) is 1.65. The van der Waals surface area contributed by atoms with Crippen LogP contribution in [0.15, 0.2) is 18.2 Å². The second-order valence-electron chi connectivity index (χ2n) is 8.06. The second-order valence-corrected chi connectivity index (χ2v) is 8.06. The van der Waals surface area contributed by atoms with Gasteiger partial charge in [0.05, 0.1) is 13.2 Å². The van der Waals surface area contributed by atoms with Crippen LogP contribution < -0.4 is 4.74 Å². The molecule has 0 spiro atoms. The molecule has 28 heavy (non-hydrogen) atoms. The van der Waals surface area contributed by atoms with Gasteiger partial charge < -0.3 is 29.9 Å². The highest BCUT2D eigenvalue weighted by Gasteiger charge is 2.43. The summed E-state index contributed by atoms with van der Waals surface area (Å²) in [5.74, 6) is 0.176. The summed E-state index contributed by atoms with van der Waals surface area (Å²) in [7, 11) is 1.53. The molecule has 1 saturated heterocycles. The van der Waals surface area contributed by atoms with Crippen molar-refractivity contribution >= 4 is 5.97 Å². The lowest BCUT2D eigenvalue weighted by Crippen LogP contribution is -2.53. The summed E-state index contributed by atoms with van der Waals surface area (Å²) in [6.07, 6.45) is -1.31. The Bertz CT molecular complexity index is 691. The number of aliphatic hydroxyl groups is 3. The van der Waals surface area contributed by atoms with Crippen LogP contribution in [0, 0.1) is 5.92 Å². The Hall–Kier alpha value is -1.67. The van der Waals surface area contributed by atoms with Crippen LogP contribution in [0.2, 0.25) is 0 Å². The number of hydrogen-bond acceptors (Lipinski definition) is 6. The van der Waals surface area contributed by atoms with Gasteiger partial charge in [0.2, 0.25) is 0 Å². The maximum Gasteiger partial charge on any atom is 0.303 e. The van der Waals surface area contributed by atoms with E-state index in [4.69, 9.17) is 14.6 Å². The molecule has 2 fully saturated rings. The fourth-order valence-electron chi connectivity index (χ4n) is 4.56. The molecule has 1 aromatic rings. The number of rotatable bonds is 5. The first-order valence-electron chi connectivity index (χ1n) is 9.91. The number of carboxylic acid groups (broad SMARTS) is 1. The summed E-state index contributed by atoms with van der Waals surface area (Å²) in [6, 6.07) is 5.72. The molecule has 7 atom stereocenters. The van der Waals surface area contributed by atoms with E-state index in [-0.39, 0.29) is 18.3 Å². The third-order valence-corrected chi connectivity index (χ3v) is 6.13. The van der Waals surface area contributed by atoms with Crippen molar-refractivity contribution in [2.45, 2.75) is 75.5 Å². The molecule has 0 amide bonds. The maximum absolute atomic E-state index is 11.1. The Morgan fingerprint density at radius 1 is 1.18 bits per heavy atom. The Morgan fingerprint density at radius 2 is 1.93 bits per heavy atom. The fraction of sp³-hybridized carbons (Fsp3) is 0.667. The highest BCUT2D eigenvalue weighted by molar-refractivity contribution is 5.67. The second kappa shape index (κ2) is 8.78. The van der Waals surface area contributed by atoms with Crippen molar-refractivity contribution in [3.05, 3.63) is 29.3 Å². The van der Waals surface area contributed by atoms with E-state index in [1.54, 1.807) is 6.92 Å². The lowest BCUT2D eigenvalue weighted by atomic mass is 9.76. The van der Waals surface area contributed by atoms with Gasteiger partial charge in [0.15, 0.2) is 0 Å². The standard InChI is InChI=1S/C21H30O7/c1-11-18(24)19(25)20(26)21(28-11)15-10-14(6-7-16(15)27-2)13-5-3-4-12(8-13)9-17(22)23/h6-7,10-13,18-21,24-26H,3-5,8-9H2,1-2H3,(H,22,23)/t11-,12?,13?,18+,19+,20-,21+/m0/s1. The van der Waals surface area contributed by atoms with E-state index in [0.717, 1.165) is 31.2 Å². The smallest absolute Gasteiger partial charge is 0.303 e. The Labute approximate surface area is 164 Å². The average molecular weight is 394 g/mol. The van der Waals surface area contributed by atoms with E-state index in [1.165, 1.54) is 7.11 Å².